The summed E-state index contributed by atoms with van der Waals surface area (Å²) in [6, 6.07) is 1.69. The lowest BCUT2D eigenvalue weighted by molar-refractivity contribution is -0.137. The molecule has 7 heteroatoms. The molecule has 1 rings (SSSR count). The largest absolute Gasteiger partial charge is 0.417 e. The van der Waals surface area contributed by atoms with Crippen LogP contribution in [0.5, 0.6) is 0 Å². The first-order chi connectivity index (χ1) is 7.81. The summed E-state index contributed by atoms with van der Waals surface area (Å²) < 4.78 is 37.8. The van der Waals surface area contributed by atoms with Crippen molar-refractivity contribution in [3.05, 3.63) is 32.4 Å². The van der Waals surface area contributed by atoms with E-state index in [-0.39, 0.29) is 21.3 Å². The normalized spacial score (nSPS) is 11.4. The molecule has 0 amide bonds. The highest BCUT2D eigenvalue weighted by molar-refractivity contribution is 14.1. The van der Waals surface area contributed by atoms with E-state index in [9.17, 15) is 22.8 Å². The summed E-state index contributed by atoms with van der Waals surface area (Å²) in [7, 11) is 0. The van der Waals surface area contributed by atoms with Crippen molar-refractivity contribution in [2.45, 2.75) is 6.18 Å². The van der Waals surface area contributed by atoms with Crippen molar-refractivity contribution < 1.29 is 22.8 Å². The van der Waals surface area contributed by atoms with E-state index in [2.05, 4.69) is 0 Å². The molecule has 0 aliphatic rings. The van der Waals surface area contributed by atoms with Gasteiger partial charge < -0.3 is 0 Å². The number of hydrogen-bond acceptors (Lipinski definition) is 2. The molecule has 2 nitrogen and oxygen atoms in total. The Kier molecular flexibility index (Phi) is 4.54. The Balaban J connectivity index is 3.45. The molecule has 0 aliphatic heterocycles. The van der Waals surface area contributed by atoms with Crippen LogP contribution in [0.1, 0.15) is 26.3 Å². The summed E-state index contributed by atoms with van der Waals surface area (Å²) in [5.74, 6) is -0.868. The third-order valence-electron chi connectivity index (χ3n) is 1.99. The summed E-state index contributed by atoms with van der Waals surface area (Å²) in [6.07, 6.45) is -4.55. The van der Waals surface area contributed by atoms with E-state index in [4.69, 9.17) is 11.6 Å². The third-order valence-corrected chi connectivity index (χ3v) is 3.13. The van der Waals surface area contributed by atoms with Crippen LogP contribution in [0.4, 0.5) is 13.2 Å². The summed E-state index contributed by atoms with van der Waals surface area (Å²) >= 11 is 6.92. The highest BCUT2D eigenvalue weighted by Gasteiger charge is 2.34. The Labute approximate surface area is 113 Å². The first-order valence-electron chi connectivity index (χ1n) is 4.26. The molecule has 0 saturated heterocycles. The van der Waals surface area contributed by atoms with Crippen LogP contribution in [0.25, 0.3) is 0 Å². The minimum absolute atomic E-state index is 0.0238. The molecule has 92 valence electrons. The fraction of sp³-hybridized carbons (Fsp3) is 0.200. The van der Waals surface area contributed by atoms with Crippen molar-refractivity contribution in [3.8, 4) is 0 Å². The molecule has 0 atom stereocenters. The summed E-state index contributed by atoms with van der Waals surface area (Å²) in [5.41, 5.74) is -1.59. The average molecular weight is 376 g/mol. The van der Waals surface area contributed by atoms with E-state index >= 15 is 0 Å². The maximum atomic E-state index is 12.6. The van der Waals surface area contributed by atoms with Crippen LogP contribution >= 0.6 is 34.2 Å². The van der Waals surface area contributed by atoms with Gasteiger partial charge in [0.2, 0.25) is 0 Å². The second-order valence-electron chi connectivity index (χ2n) is 3.09. The second kappa shape index (κ2) is 5.34. The molecule has 1 aromatic rings. The minimum atomic E-state index is -4.63. The predicted octanol–water partition coefficient (Wildman–Crippen LogP) is 3.54. The molecule has 0 bridgehead atoms. The van der Waals surface area contributed by atoms with E-state index < -0.39 is 23.1 Å². The van der Waals surface area contributed by atoms with E-state index in [0.717, 1.165) is 12.1 Å². The van der Waals surface area contributed by atoms with Crippen molar-refractivity contribution in [1.82, 2.24) is 0 Å². The van der Waals surface area contributed by atoms with Crippen LogP contribution < -0.4 is 0 Å². The SMILES string of the molecule is O=Cc1cc(C(=O)CCl)c(I)cc1C(F)(F)F. The van der Waals surface area contributed by atoms with Gasteiger partial charge in [-0.3, -0.25) is 9.59 Å². The lowest BCUT2D eigenvalue weighted by Crippen LogP contribution is -2.13. The van der Waals surface area contributed by atoms with Gasteiger partial charge in [0.25, 0.3) is 0 Å². The van der Waals surface area contributed by atoms with Gasteiger partial charge in [-0.25, -0.2) is 0 Å². The van der Waals surface area contributed by atoms with Gasteiger partial charge >= 0.3 is 6.18 Å². The zero-order chi connectivity index (χ0) is 13.2. The first kappa shape index (κ1) is 14.4. The number of halogens is 5. The first-order valence-corrected chi connectivity index (χ1v) is 5.87. The zero-order valence-corrected chi connectivity index (χ0v) is 11.1. The van der Waals surface area contributed by atoms with Crippen LogP contribution in [0, 0.1) is 3.57 Å². The molecule has 1 aromatic carbocycles. The molecule has 0 fully saturated rings. The molecule has 0 N–H and O–H groups in total. The number of benzene rings is 1. The van der Waals surface area contributed by atoms with E-state index in [1.807, 2.05) is 0 Å². The number of carbonyl (C=O) groups excluding carboxylic acids is 2. The number of Topliss-reactive ketones (excluding diaryl/α,β-unsaturated/α-hetero) is 1. The van der Waals surface area contributed by atoms with Crippen molar-refractivity contribution in [2.75, 3.05) is 5.88 Å². The summed E-state index contributed by atoms with van der Waals surface area (Å²) in [5, 5.41) is 0. The van der Waals surface area contributed by atoms with E-state index in [1.54, 1.807) is 22.6 Å². The smallest absolute Gasteiger partial charge is 0.298 e. The monoisotopic (exact) mass is 376 g/mol. The van der Waals surface area contributed by atoms with Crippen molar-refractivity contribution >= 4 is 46.3 Å². The molecule has 0 aromatic heterocycles. The van der Waals surface area contributed by atoms with E-state index in [1.165, 1.54) is 0 Å². The van der Waals surface area contributed by atoms with Crippen LogP contribution in [0.2, 0.25) is 0 Å². The summed E-state index contributed by atoms with van der Waals surface area (Å²) in [4.78, 5) is 21.9. The van der Waals surface area contributed by atoms with Crippen molar-refractivity contribution in [1.29, 1.82) is 0 Å². The molecular formula is C10H5ClF3IO2. The van der Waals surface area contributed by atoms with Crippen LogP contribution in [-0.2, 0) is 6.18 Å². The Morgan fingerprint density at radius 3 is 2.41 bits per heavy atom. The Morgan fingerprint density at radius 1 is 1.41 bits per heavy atom. The van der Waals surface area contributed by atoms with Crippen molar-refractivity contribution in [2.24, 2.45) is 0 Å². The van der Waals surface area contributed by atoms with Gasteiger partial charge in [0, 0.05) is 14.7 Å². The van der Waals surface area contributed by atoms with Crippen molar-refractivity contribution in [3.63, 3.8) is 0 Å². The Bertz CT molecular complexity index is 471. The Morgan fingerprint density at radius 2 is 2.00 bits per heavy atom. The number of ketones is 1. The van der Waals surface area contributed by atoms with Gasteiger partial charge in [-0.15, -0.1) is 11.6 Å². The van der Waals surface area contributed by atoms with Gasteiger partial charge in [0.05, 0.1) is 11.4 Å². The fourth-order valence-electron chi connectivity index (χ4n) is 1.22. The van der Waals surface area contributed by atoms with Crippen LogP contribution in [0.3, 0.4) is 0 Å². The van der Waals surface area contributed by atoms with Gasteiger partial charge in [-0.2, -0.15) is 13.2 Å². The molecule has 0 unspecified atom stereocenters. The minimum Gasteiger partial charge on any atom is -0.298 e. The lowest BCUT2D eigenvalue weighted by Gasteiger charge is -2.12. The molecule has 0 heterocycles. The maximum absolute atomic E-state index is 12.6. The highest BCUT2D eigenvalue weighted by Crippen LogP contribution is 2.33. The topological polar surface area (TPSA) is 34.1 Å². The number of aldehydes is 1. The molecule has 0 aliphatic carbocycles. The third kappa shape index (κ3) is 3.19. The van der Waals surface area contributed by atoms with Gasteiger partial charge in [0.15, 0.2) is 12.1 Å². The highest BCUT2D eigenvalue weighted by atomic mass is 127. The van der Waals surface area contributed by atoms with Crippen LogP contribution in [-0.4, -0.2) is 17.9 Å². The lowest BCUT2D eigenvalue weighted by atomic mass is 10.0. The predicted molar refractivity (Wildman–Crippen MR) is 64.6 cm³/mol. The van der Waals surface area contributed by atoms with Gasteiger partial charge in [-0.05, 0) is 34.7 Å². The number of hydrogen-bond donors (Lipinski definition) is 0. The quantitative estimate of drug-likeness (QED) is 0.350. The fourth-order valence-corrected chi connectivity index (χ4v) is 2.13. The number of carbonyl (C=O) groups is 2. The number of alkyl halides is 4. The van der Waals surface area contributed by atoms with Gasteiger partial charge in [-0.1, -0.05) is 0 Å². The van der Waals surface area contributed by atoms with Crippen LogP contribution in [0.15, 0.2) is 12.1 Å². The van der Waals surface area contributed by atoms with E-state index in [0.29, 0.717) is 0 Å². The molecule has 0 spiro atoms. The number of rotatable bonds is 3. The summed E-state index contributed by atoms with van der Waals surface area (Å²) in [6.45, 7) is 0. The molecule has 17 heavy (non-hydrogen) atoms. The maximum Gasteiger partial charge on any atom is 0.417 e. The molecular weight excluding hydrogens is 371 g/mol. The average Bonchev–Trinajstić information content (AvgIpc) is 2.26. The Hall–Kier alpha value is -0.630. The molecule has 0 radical (unpaired) electrons. The zero-order valence-electron chi connectivity index (χ0n) is 8.15. The van der Waals surface area contributed by atoms with Gasteiger partial charge in [0.1, 0.15) is 0 Å². The second-order valence-corrected chi connectivity index (χ2v) is 4.52. The standard InChI is InChI=1S/C10H5ClF3IO2/c11-3-9(17)6-1-5(4-16)7(2-8(6)15)10(12,13)14/h1-2,4H,3H2. The molecule has 0 saturated carbocycles.